The Kier molecular flexibility index (Phi) is 5.74. The second-order valence-electron chi connectivity index (χ2n) is 7.61. The fourth-order valence-electron chi connectivity index (χ4n) is 3.87. The lowest BCUT2D eigenvalue weighted by Gasteiger charge is -2.37. The van der Waals surface area contributed by atoms with Crippen molar-refractivity contribution in [1.82, 2.24) is 15.5 Å². The lowest BCUT2D eigenvalue weighted by Crippen LogP contribution is -2.46. The van der Waals surface area contributed by atoms with Gasteiger partial charge in [-0.25, -0.2) is 4.39 Å². The van der Waals surface area contributed by atoms with E-state index in [0.29, 0.717) is 27.4 Å². The molecule has 1 N–H and O–H groups in total. The molecular formula is C24H18ClFN4OS2. The number of aromatic nitrogens is 2. The molecule has 0 bridgehead atoms. The summed E-state index contributed by atoms with van der Waals surface area (Å²) in [4.78, 5) is 7.46. The van der Waals surface area contributed by atoms with Crippen LogP contribution in [0.25, 0.3) is 16.3 Å². The summed E-state index contributed by atoms with van der Waals surface area (Å²) in [5.74, 6) is 0.508. The molecule has 2 aromatic carbocycles. The number of aryl methyl sites for hydroxylation is 1. The molecule has 0 saturated carbocycles. The molecule has 3 heterocycles. The molecule has 1 unspecified atom stereocenters. The van der Waals surface area contributed by atoms with E-state index in [-0.39, 0.29) is 5.82 Å². The van der Waals surface area contributed by atoms with Gasteiger partial charge in [0.05, 0.1) is 16.5 Å². The van der Waals surface area contributed by atoms with Crippen molar-refractivity contribution in [2.24, 2.45) is 0 Å². The maximum Gasteiger partial charge on any atom is 0.258 e. The van der Waals surface area contributed by atoms with Crippen LogP contribution in [0.5, 0.6) is 0 Å². The third kappa shape index (κ3) is 4.06. The fourth-order valence-corrected chi connectivity index (χ4v) is 5.00. The molecule has 1 aliphatic rings. The van der Waals surface area contributed by atoms with Gasteiger partial charge in [0.1, 0.15) is 5.82 Å². The van der Waals surface area contributed by atoms with E-state index in [1.54, 1.807) is 6.07 Å². The maximum atomic E-state index is 14.1. The molecule has 166 valence electrons. The summed E-state index contributed by atoms with van der Waals surface area (Å²) < 4.78 is 19.8. The minimum absolute atomic E-state index is 0.335. The summed E-state index contributed by atoms with van der Waals surface area (Å²) in [6.07, 6.45) is 0. The van der Waals surface area contributed by atoms with Gasteiger partial charge in [0, 0.05) is 16.4 Å². The quantitative estimate of drug-likeness (QED) is 0.315. The van der Waals surface area contributed by atoms with Gasteiger partial charge in [-0.1, -0.05) is 35.0 Å². The number of allylic oxidation sites excluding steroid dienone is 1. The average molecular weight is 497 g/mol. The largest absolute Gasteiger partial charge is 0.351 e. The molecule has 0 amide bonds. The van der Waals surface area contributed by atoms with Crippen molar-refractivity contribution < 1.29 is 8.91 Å². The standard InChI is InChI=1S/C24H18ClFN4OS2/c1-13-11-17(8-9-18(13)25)30-14(2)20(23-28-22(29-31-23)19-7-4-10-33-19)21(27-24(30)32)15-5-3-6-16(26)12-15/h3-12,21H,1-2H3,(H,27,32). The number of nitrogens with zero attached hydrogens (tertiary/aromatic N) is 3. The van der Waals surface area contributed by atoms with E-state index < -0.39 is 6.04 Å². The normalized spacial score (nSPS) is 16.3. The third-order valence-electron chi connectivity index (χ3n) is 5.46. The molecular weight excluding hydrogens is 479 g/mol. The summed E-state index contributed by atoms with van der Waals surface area (Å²) in [5, 5.41) is 10.6. The van der Waals surface area contributed by atoms with Crippen molar-refractivity contribution in [2.45, 2.75) is 19.9 Å². The zero-order chi connectivity index (χ0) is 23.1. The smallest absolute Gasteiger partial charge is 0.258 e. The van der Waals surface area contributed by atoms with Gasteiger partial charge in [-0.05, 0) is 79.0 Å². The van der Waals surface area contributed by atoms with E-state index in [2.05, 4.69) is 15.5 Å². The number of halogens is 2. The molecule has 33 heavy (non-hydrogen) atoms. The average Bonchev–Trinajstić information content (AvgIpc) is 3.48. The van der Waals surface area contributed by atoms with E-state index in [1.807, 2.05) is 60.5 Å². The van der Waals surface area contributed by atoms with E-state index in [0.717, 1.165) is 27.4 Å². The Hall–Kier alpha value is -3.07. The number of benzene rings is 2. The van der Waals surface area contributed by atoms with Crippen LogP contribution in [-0.4, -0.2) is 15.3 Å². The van der Waals surface area contributed by atoms with Crippen molar-refractivity contribution >= 4 is 51.5 Å². The number of thiophene rings is 1. The summed E-state index contributed by atoms with van der Waals surface area (Å²) >= 11 is 13.5. The zero-order valence-corrected chi connectivity index (χ0v) is 20.1. The van der Waals surface area contributed by atoms with Gasteiger partial charge < -0.3 is 9.84 Å². The summed E-state index contributed by atoms with van der Waals surface area (Å²) in [5.41, 5.74) is 4.00. The number of rotatable bonds is 4. The Balaban J connectivity index is 1.68. The van der Waals surface area contributed by atoms with E-state index >= 15 is 0 Å². The number of anilines is 1. The van der Waals surface area contributed by atoms with Crippen LogP contribution >= 0.6 is 35.2 Å². The van der Waals surface area contributed by atoms with Crippen LogP contribution < -0.4 is 10.2 Å². The number of hydrogen-bond donors (Lipinski definition) is 1. The molecule has 1 aliphatic heterocycles. The highest BCUT2D eigenvalue weighted by Crippen LogP contribution is 2.40. The molecule has 0 saturated heterocycles. The SMILES string of the molecule is CC1=C(c2nc(-c3cccs3)no2)C(c2cccc(F)c2)NC(=S)N1c1ccc(Cl)c(C)c1. The van der Waals surface area contributed by atoms with Crippen molar-refractivity contribution in [2.75, 3.05) is 4.90 Å². The molecule has 5 rings (SSSR count). The Morgan fingerprint density at radius 2 is 2.00 bits per heavy atom. The van der Waals surface area contributed by atoms with Gasteiger partial charge in [0.15, 0.2) is 5.11 Å². The van der Waals surface area contributed by atoms with Gasteiger partial charge >= 0.3 is 0 Å². The summed E-state index contributed by atoms with van der Waals surface area (Å²) in [6.45, 7) is 3.88. The molecule has 1 atom stereocenters. The molecule has 4 aromatic rings. The molecule has 0 fully saturated rings. The zero-order valence-electron chi connectivity index (χ0n) is 17.7. The predicted molar refractivity (Wildman–Crippen MR) is 134 cm³/mol. The van der Waals surface area contributed by atoms with E-state index in [1.165, 1.54) is 23.5 Å². The molecule has 5 nitrogen and oxygen atoms in total. The van der Waals surface area contributed by atoms with Crippen LogP contribution in [0.4, 0.5) is 10.1 Å². The van der Waals surface area contributed by atoms with Gasteiger partial charge in [0.25, 0.3) is 5.89 Å². The molecule has 0 spiro atoms. The Morgan fingerprint density at radius 3 is 2.73 bits per heavy atom. The second kappa shape index (κ2) is 8.70. The van der Waals surface area contributed by atoms with Crippen LogP contribution in [0.1, 0.15) is 30.0 Å². The lowest BCUT2D eigenvalue weighted by molar-refractivity contribution is 0.404. The van der Waals surface area contributed by atoms with Gasteiger partial charge in [-0.3, -0.25) is 4.90 Å². The predicted octanol–water partition coefficient (Wildman–Crippen LogP) is 6.77. The maximum absolute atomic E-state index is 14.1. The second-order valence-corrected chi connectivity index (χ2v) is 9.35. The minimum atomic E-state index is -0.463. The van der Waals surface area contributed by atoms with Crippen LogP contribution in [-0.2, 0) is 0 Å². The minimum Gasteiger partial charge on any atom is -0.351 e. The van der Waals surface area contributed by atoms with Gasteiger partial charge in [-0.15, -0.1) is 11.3 Å². The highest BCUT2D eigenvalue weighted by Gasteiger charge is 2.35. The van der Waals surface area contributed by atoms with Gasteiger partial charge in [-0.2, -0.15) is 4.98 Å². The Labute approximate surface area is 204 Å². The molecule has 9 heteroatoms. The Bertz CT molecular complexity index is 1380. The number of thiocarbonyl (C=S) groups is 1. The fraction of sp³-hybridized carbons (Fsp3) is 0.125. The van der Waals surface area contributed by atoms with Crippen molar-refractivity contribution in [3.05, 3.63) is 93.5 Å². The lowest BCUT2D eigenvalue weighted by atomic mass is 9.94. The van der Waals surface area contributed by atoms with Crippen molar-refractivity contribution in [3.8, 4) is 10.7 Å². The topological polar surface area (TPSA) is 54.2 Å². The number of hydrogen-bond acceptors (Lipinski definition) is 5. The first-order valence-corrected chi connectivity index (χ1v) is 11.8. The van der Waals surface area contributed by atoms with Crippen LogP contribution in [0, 0.1) is 12.7 Å². The molecule has 0 radical (unpaired) electrons. The highest BCUT2D eigenvalue weighted by atomic mass is 35.5. The van der Waals surface area contributed by atoms with E-state index in [4.69, 9.17) is 28.3 Å². The first-order chi connectivity index (χ1) is 15.9. The first-order valence-electron chi connectivity index (χ1n) is 10.1. The van der Waals surface area contributed by atoms with Crippen LogP contribution in [0.15, 0.2) is 70.2 Å². The van der Waals surface area contributed by atoms with Crippen LogP contribution in [0.2, 0.25) is 5.02 Å². The van der Waals surface area contributed by atoms with E-state index in [9.17, 15) is 4.39 Å². The first kappa shape index (κ1) is 21.8. The van der Waals surface area contributed by atoms with Gasteiger partial charge in [0.2, 0.25) is 5.82 Å². The van der Waals surface area contributed by atoms with Crippen molar-refractivity contribution in [1.29, 1.82) is 0 Å². The monoisotopic (exact) mass is 496 g/mol. The number of nitrogens with one attached hydrogen (secondary N) is 1. The highest BCUT2D eigenvalue weighted by molar-refractivity contribution is 7.80. The Morgan fingerprint density at radius 1 is 1.15 bits per heavy atom. The molecule has 2 aromatic heterocycles. The van der Waals surface area contributed by atoms with Crippen molar-refractivity contribution in [3.63, 3.8) is 0 Å². The summed E-state index contributed by atoms with van der Waals surface area (Å²) in [7, 11) is 0. The third-order valence-corrected chi connectivity index (χ3v) is 7.05. The van der Waals surface area contributed by atoms with Crippen LogP contribution in [0.3, 0.4) is 0 Å². The summed E-state index contributed by atoms with van der Waals surface area (Å²) in [6, 6.07) is 15.5. The molecule has 0 aliphatic carbocycles.